The Kier molecular flexibility index (Phi) is 21.9. The predicted octanol–water partition coefficient (Wildman–Crippen LogP) is -4.31. The summed E-state index contributed by atoms with van der Waals surface area (Å²) in [5.41, 5.74) is 0. The molecule has 0 aromatic carbocycles. The van der Waals surface area contributed by atoms with Crippen LogP contribution >= 0.6 is 0 Å². The molecule has 0 spiro atoms. The van der Waals surface area contributed by atoms with Crippen LogP contribution < -0.4 is 57.5 Å². The Morgan fingerprint density at radius 3 is 1.27 bits per heavy atom. The fraction of sp³-hybridized carbons (Fsp3) is 0. The van der Waals surface area contributed by atoms with Crippen molar-refractivity contribution in [1.29, 1.82) is 0 Å². The van der Waals surface area contributed by atoms with Gasteiger partial charge in [-0.3, -0.25) is 8.42 Å². The van der Waals surface area contributed by atoms with E-state index in [1.807, 2.05) is 0 Å². The van der Waals surface area contributed by atoms with Gasteiger partial charge < -0.3 is 20.5 Å². The second kappa shape index (κ2) is 10.7. The molecule has 0 aliphatic carbocycles. The zero-order valence-electron chi connectivity index (χ0n) is 5.75. The summed E-state index contributed by atoms with van der Waals surface area (Å²) < 4.78 is 34.1. The van der Waals surface area contributed by atoms with E-state index < -0.39 is 15.5 Å². The molecule has 0 radical (unpaired) electrons. The third-order valence-corrected chi connectivity index (χ3v) is 0. The van der Waals surface area contributed by atoms with Crippen molar-refractivity contribution in [3.05, 3.63) is 10.1 Å². The number of rotatable bonds is 0. The van der Waals surface area contributed by atoms with E-state index in [9.17, 15) is 0 Å². The van der Waals surface area contributed by atoms with Crippen molar-refractivity contribution in [2.45, 2.75) is 0 Å². The first-order valence-corrected chi connectivity index (χ1v) is 2.57. The van der Waals surface area contributed by atoms with Gasteiger partial charge in [0.15, 0.2) is 0 Å². The van der Waals surface area contributed by atoms with Crippen LogP contribution in [-0.2, 0) is 10.4 Å². The van der Waals surface area contributed by atoms with Gasteiger partial charge in [-0.25, -0.2) is 0 Å². The molecular formula is H5KN2O7S. The predicted molar refractivity (Wildman–Crippen MR) is 25.2 cm³/mol. The van der Waals surface area contributed by atoms with E-state index in [-0.39, 0.29) is 57.5 Å². The average Bonchev–Trinajstić information content (AvgIpc) is 1.19. The largest absolute Gasteiger partial charge is 1.00 e. The molecule has 0 heterocycles. The molecule has 0 amide bonds. The smallest absolute Gasteiger partial charge is 0.759 e. The van der Waals surface area contributed by atoms with Crippen LogP contribution in [0.5, 0.6) is 0 Å². The fourth-order valence-electron chi connectivity index (χ4n) is 0. The van der Waals surface area contributed by atoms with Crippen molar-refractivity contribution in [1.82, 2.24) is 6.15 Å². The zero-order chi connectivity index (χ0) is 8.08. The molecular weight excluding hydrogens is 211 g/mol. The van der Waals surface area contributed by atoms with Gasteiger partial charge in [-0.1, -0.05) is 0 Å². The van der Waals surface area contributed by atoms with Crippen molar-refractivity contribution in [2.75, 3.05) is 0 Å². The molecule has 0 aromatic heterocycles. The van der Waals surface area contributed by atoms with Gasteiger partial charge in [0.2, 0.25) is 0 Å². The standard InChI is InChI=1S/K.HNO3.H3N.H2O4S/c;2-1(3)4;;1-5(2,3)4/h;(H,2,3,4);1H3;(H2,1,2,3,4)/q+1;;;/p-1. The Balaban J connectivity index is -0.0000000383. The van der Waals surface area contributed by atoms with E-state index >= 15 is 0 Å². The summed E-state index contributed by atoms with van der Waals surface area (Å²) in [5.74, 6) is 0. The SMILES string of the molecule is O=S(=O)([O-])[O-].O=[N+]([O-])O.[K+].[NH4+]. The molecule has 0 aromatic rings. The Bertz CT molecular complexity index is 159. The third kappa shape index (κ3) is 1800. The first-order valence-electron chi connectivity index (χ1n) is 1.23. The summed E-state index contributed by atoms with van der Waals surface area (Å²) in [5, 5.41) is 13.6. The van der Waals surface area contributed by atoms with Gasteiger partial charge in [0.25, 0.3) is 5.09 Å². The molecule has 5 N–H and O–H groups in total. The Morgan fingerprint density at radius 2 is 1.27 bits per heavy atom. The van der Waals surface area contributed by atoms with Crippen LogP contribution in [0.4, 0.5) is 0 Å². The second-order valence-electron chi connectivity index (χ2n) is 0.646. The second-order valence-corrected chi connectivity index (χ2v) is 1.46. The quantitative estimate of drug-likeness (QED) is 0.135. The maximum atomic E-state index is 8.52. The van der Waals surface area contributed by atoms with Gasteiger partial charge >= 0.3 is 51.4 Å². The number of hydrogen-bond donors (Lipinski definition) is 2. The van der Waals surface area contributed by atoms with Crippen LogP contribution in [0, 0.1) is 10.1 Å². The maximum Gasteiger partial charge on any atom is 1.00 e. The van der Waals surface area contributed by atoms with Gasteiger partial charge in [0, 0.05) is 10.4 Å². The summed E-state index contributed by atoms with van der Waals surface area (Å²) in [7, 11) is -5.17. The average molecular weight is 216 g/mol. The molecule has 0 rings (SSSR count). The number of quaternary nitrogens is 1. The van der Waals surface area contributed by atoms with Crippen LogP contribution in [0.2, 0.25) is 0 Å². The first-order chi connectivity index (χ1) is 3.73. The van der Waals surface area contributed by atoms with Crippen LogP contribution in [0.3, 0.4) is 0 Å². The maximum absolute atomic E-state index is 8.52. The van der Waals surface area contributed by atoms with Gasteiger partial charge in [-0.05, 0) is 0 Å². The van der Waals surface area contributed by atoms with Crippen molar-refractivity contribution < 1.29 is 79.2 Å². The van der Waals surface area contributed by atoms with Crippen LogP contribution in [-0.4, -0.2) is 27.8 Å². The zero-order valence-corrected chi connectivity index (χ0v) is 9.69. The van der Waals surface area contributed by atoms with E-state index in [0.717, 1.165) is 0 Å². The summed E-state index contributed by atoms with van der Waals surface area (Å²) in [6.45, 7) is 0. The number of hydrogen-bond acceptors (Lipinski definition) is 6. The van der Waals surface area contributed by atoms with E-state index in [4.69, 9.17) is 32.8 Å². The Hall–Kier alpha value is 0.666. The Labute approximate surface area is 104 Å². The minimum Gasteiger partial charge on any atom is -0.759 e. The first kappa shape index (κ1) is 22.6. The summed E-state index contributed by atoms with van der Waals surface area (Å²) in [4.78, 5) is 8.36. The topological polar surface area (TPSA) is 180 Å². The molecule has 9 nitrogen and oxygen atoms in total. The normalized spacial score (nSPS) is 7.45. The monoisotopic (exact) mass is 216 g/mol. The molecule has 0 aliphatic rings. The molecule has 11 heteroatoms. The molecule has 0 atom stereocenters. The van der Waals surface area contributed by atoms with Crippen molar-refractivity contribution in [3.63, 3.8) is 0 Å². The summed E-state index contributed by atoms with van der Waals surface area (Å²) >= 11 is 0. The van der Waals surface area contributed by atoms with Crippen molar-refractivity contribution in [2.24, 2.45) is 0 Å². The summed E-state index contributed by atoms with van der Waals surface area (Å²) in [6.07, 6.45) is 0. The van der Waals surface area contributed by atoms with Crippen LogP contribution in [0.15, 0.2) is 0 Å². The molecule has 0 unspecified atom stereocenters. The molecule has 64 valence electrons. The van der Waals surface area contributed by atoms with Gasteiger partial charge in [-0.15, -0.1) is 10.1 Å². The van der Waals surface area contributed by atoms with E-state index in [0.29, 0.717) is 0 Å². The minimum atomic E-state index is -5.17. The molecule has 0 saturated carbocycles. The van der Waals surface area contributed by atoms with E-state index in [2.05, 4.69) is 0 Å². The van der Waals surface area contributed by atoms with E-state index in [1.165, 1.54) is 0 Å². The molecule has 0 saturated heterocycles. The minimum absolute atomic E-state index is 0. The van der Waals surface area contributed by atoms with Crippen molar-refractivity contribution in [3.8, 4) is 0 Å². The van der Waals surface area contributed by atoms with Gasteiger partial charge in [0.05, 0.1) is 0 Å². The summed E-state index contributed by atoms with van der Waals surface area (Å²) in [6, 6.07) is 0. The van der Waals surface area contributed by atoms with Gasteiger partial charge in [0.1, 0.15) is 0 Å². The number of nitrogens with zero attached hydrogens (tertiary/aromatic N) is 1. The fourth-order valence-corrected chi connectivity index (χ4v) is 0. The third-order valence-electron chi connectivity index (χ3n) is 0. The molecule has 11 heavy (non-hydrogen) atoms. The molecule has 0 bridgehead atoms. The van der Waals surface area contributed by atoms with Crippen molar-refractivity contribution >= 4 is 10.4 Å². The molecule has 0 aliphatic heterocycles. The Morgan fingerprint density at radius 1 is 1.27 bits per heavy atom. The molecule has 0 fully saturated rings. The van der Waals surface area contributed by atoms with E-state index in [1.54, 1.807) is 0 Å². The van der Waals surface area contributed by atoms with Crippen LogP contribution in [0.25, 0.3) is 0 Å². The van der Waals surface area contributed by atoms with Gasteiger partial charge in [-0.2, -0.15) is 0 Å². The van der Waals surface area contributed by atoms with Crippen LogP contribution in [0.1, 0.15) is 0 Å².